The third-order valence-corrected chi connectivity index (χ3v) is 4.27. The first-order valence-electron chi connectivity index (χ1n) is 8.87. The molecule has 8 heteroatoms. The van der Waals surface area contributed by atoms with E-state index in [1.165, 1.54) is 6.33 Å². The second-order valence-electron chi connectivity index (χ2n) is 6.56. The van der Waals surface area contributed by atoms with Crippen LogP contribution in [0.2, 0.25) is 0 Å². The fourth-order valence-electron chi connectivity index (χ4n) is 3.13. The molecule has 0 spiro atoms. The SMILES string of the molecule is Cc1cc(C)cc(Oc2ncnc(Nc3cccc4cccnc34)c2[N+](=O)[O-])c1. The molecule has 1 N–H and O–H groups in total. The first kappa shape index (κ1) is 18.3. The number of aryl methyl sites for hydroxylation is 2. The van der Waals surface area contributed by atoms with E-state index in [-0.39, 0.29) is 17.4 Å². The molecular formula is C21H17N5O3. The van der Waals surface area contributed by atoms with E-state index in [1.807, 2.05) is 44.2 Å². The van der Waals surface area contributed by atoms with Gasteiger partial charge in [0.1, 0.15) is 12.1 Å². The van der Waals surface area contributed by atoms with Gasteiger partial charge in [0.2, 0.25) is 5.82 Å². The lowest BCUT2D eigenvalue weighted by Crippen LogP contribution is -2.04. The van der Waals surface area contributed by atoms with E-state index < -0.39 is 4.92 Å². The van der Waals surface area contributed by atoms with Gasteiger partial charge in [0.15, 0.2) is 0 Å². The zero-order chi connectivity index (χ0) is 20.4. The number of hydrogen-bond donors (Lipinski definition) is 1. The Morgan fingerprint density at radius 3 is 2.52 bits per heavy atom. The highest BCUT2D eigenvalue weighted by atomic mass is 16.6. The molecule has 0 aliphatic heterocycles. The van der Waals surface area contributed by atoms with Crippen LogP contribution in [0.1, 0.15) is 11.1 Å². The van der Waals surface area contributed by atoms with Gasteiger partial charge in [-0.15, -0.1) is 0 Å². The Labute approximate surface area is 166 Å². The maximum absolute atomic E-state index is 11.8. The zero-order valence-corrected chi connectivity index (χ0v) is 15.8. The summed E-state index contributed by atoms with van der Waals surface area (Å²) >= 11 is 0. The lowest BCUT2D eigenvalue weighted by molar-refractivity contribution is -0.385. The minimum absolute atomic E-state index is 0.0301. The smallest absolute Gasteiger partial charge is 0.373 e. The summed E-state index contributed by atoms with van der Waals surface area (Å²) in [7, 11) is 0. The number of nitrogens with one attached hydrogen (secondary N) is 1. The Balaban J connectivity index is 1.76. The van der Waals surface area contributed by atoms with E-state index in [4.69, 9.17) is 4.74 Å². The van der Waals surface area contributed by atoms with Gasteiger partial charge in [0.25, 0.3) is 0 Å². The number of aromatic nitrogens is 3. The molecule has 4 aromatic rings. The van der Waals surface area contributed by atoms with Crippen LogP contribution in [0, 0.1) is 24.0 Å². The standard InChI is InChI=1S/C21H17N5O3/c1-13-9-14(2)11-16(10-13)29-21-19(26(27)28)20(23-12-24-21)25-17-7-3-5-15-6-4-8-22-18(15)17/h3-12H,1-2H3,(H,23,24,25). The predicted octanol–water partition coefficient (Wildman–Crippen LogP) is 5.09. The maximum Gasteiger partial charge on any atom is 0.373 e. The van der Waals surface area contributed by atoms with Gasteiger partial charge in [-0.3, -0.25) is 15.1 Å². The first-order valence-corrected chi connectivity index (χ1v) is 8.87. The number of benzene rings is 2. The minimum Gasteiger partial charge on any atom is -0.434 e. The van der Waals surface area contributed by atoms with Gasteiger partial charge in [-0.05, 0) is 49.2 Å². The molecule has 0 aliphatic carbocycles. The Kier molecular flexibility index (Phi) is 4.74. The summed E-state index contributed by atoms with van der Waals surface area (Å²) in [6, 6.07) is 14.9. The van der Waals surface area contributed by atoms with Crippen LogP contribution in [-0.2, 0) is 0 Å². The van der Waals surface area contributed by atoms with Crippen molar-refractivity contribution in [3.8, 4) is 11.6 Å². The van der Waals surface area contributed by atoms with Gasteiger partial charge < -0.3 is 10.1 Å². The van der Waals surface area contributed by atoms with Crippen molar-refractivity contribution >= 4 is 28.1 Å². The normalized spacial score (nSPS) is 10.7. The second-order valence-corrected chi connectivity index (χ2v) is 6.56. The fraction of sp³-hybridized carbons (Fsp3) is 0.0952. The lowest BCUT2D eigenvalue weighted by Gasteiger charge is -2.11. The summed E-state index contributed by atoms with van der Waals surface area (Å²) in [6.07, 6.45) is 2.89. The van der Waals surface area contributed by atoms with Crippen LogP contribution in [0.15, 0.2) is 61.1 Å². The van der Waals surface area contributed by atoms with Gasteiger partial charge in [0.05, 0.1) is 16.1 Å². The molecule has 2 heterocycles. The minimum atomic E-state index is -0.557. The predicted molar refractivity (Wildman–Crippen MR) is 110 cm³/mol. The van der Waals surface area contributed by atoms with E-state index in [0.29, 0.717) is 17.0 Å². The number of nitro groups is 1. The second kappa shape index (κ2) is 7.51. The van der Waals surface area contributed by atoms with E-state index >= 15 is 0 Å². The number of anilines is 2. The summed E-state index contributed by atoms with van der Waals surface area (Å²) in [5.41, 5.74) is 2.90. The van der Waals surface area contributed by atoms with E-state index in [0.717, 1.165) is 16.5 Å². The van der Waals surface area contributed by atoms with Gasteiger partial charge in [-0.25, -0.2) is 4.98 Å². The molecule has 0 radical (unpaired) electrons. The van der Waals surface area contributed by atoms with Crippen molar-refractivity contribution < 1.29 is 9.66 Å². The summed E-state index contributed by atoms with van der Waals surface area (Å²) in [5.74, 6) is 0.371. The summed E-state index contributed by atoms with van der Waals surface area (Å²) in [6.45, 7) is 3.85. The van der Waals surface area contributed by atoms with Crippen molar-refractivity contribution in [2.45, 2.75) is 13.8 Å². The summed E-state index contributed by atoms with van der Waals surface area (Å²) in [5, 5.41) is 15.7. The zero-order valence-electron chi connectivity index (χ0n) is 15.8. The molecule has 0 saturated carbocycles. The largest absolute Gasteiger partial charge is 0.434 e. The molecule has 0 aliphatic rings. The van der Waals surface area contributed by atoms with Crippen molar-refractivity contribution in [1.29, 1.82) is 0 Å². The highest BCUT2D eigenvalue weighted by molar-refractivity contribution is 5.92. The van der Waals surface area contributed by atoms with Crippen molar-refractivity contribution in [2.75, 3.05) is 5.32 Å². The van der Waals surface area contributed by atoms with Gasteiger partial charge in [-0.2, -0.15) is 4.98 Å². The van der Waals surface area contributed by atoms with Gasteiger partial charge in [0, 0.05) is 11.6 Å². The molecule has 0 fully saturated rings. The topological polar surface area (TPSA) is 103 Å². The van der Waals surface area contributed by atoms with Gasteiger partial charge >= 0.3 is 11.6 Å². The molecule has 0 saturated heterocycles. The number of hydrogen-bond acceptors (Lipinski definition) is 7. The number of nitrogens with zero attached hydrogens (tertiary/aromatic N) is 4. The van der Waals surface area contributed by atoms with Crippen LogP contribution in [0.4, 0.5) is 17.2 Å². The Morgan fingerprint density at radius 2 is 1.76 bits per heavy atom. The Bertz CT molecular complexity index is 1200. The van der Waals surface area contributed by atoms with E-state index in [2.05, 4.69) is 20.3 Å². The van der Waals surface area contributed by atoms with Crippen LogP contribution < -0.4 is 10.1 Å². The molecule has 2 aromatic heterocycles. The van der Waals surface area contributed by atoms with E-state index in [1.54, 1.807) is 24.4 Å². The molecule has 144 valence electrons. The first-order chi connectivity index (χ1) is 14.0. The average molecular weight is 387 g/mol. The molecule has 4 rings (SSSR count). The van der Waals surface area contributed by atoms with Crippen LogP contribution in [0.3, 0.4) is 0 Å². The highest BCUT2D eigenvalue weighted by Gasteiger charge is 2.25. The van der Waals surface area contributed by atoms with Crippen LogP contribution in [0.25, 0.3) is 10.9 Å². The lowest BCUT2D eigenvalue weighted by atomic mass is 10.1. The van der Waals surface area contributed by atoms with Crippen LogP contribution in [-0.4, -0.2) is 19.9 Å². The molecule has 0 amide bonds. The van der Waals surface area contributed by atoms with E-state index in [9.17, 15) is 10.1 Å². The monoisotopic (exact) mass is 387 g/mol. The number of fused-ring (bicyclic) bond motifs is 1. The van der Waals surface area contributed by atoms with Crippen molar-refractivity contribution in [1.82, 2.24) is 15.0 Å². The number of ether oxygens (including phenoxy) is 1. The Hall–Kier alpha value is -4.07. The Morgan fingerprint density at radius 1 is 1.00 bits per heavy atom. The molecule has 0 bridgehead atoms. The fourth-order valence-corrected chi connectivity index (χ4v) is 3.13. The molecule has 0 unspecified atom stereocenters. The summed E-state index contributed by atoms with van der Waals surface area (Å²) in [4.78, 5) is 23.7. The number of rotatable bonds is 5. The summed E-state index contributed by atoms with van der Waals surface area (Å²) < 4.78 is 5.75. The molecule has 8 nitrogen and oxygen atoms in total. The highest BCUT2D eigenvalue weighted by Crippen LogP contribution is 2.36. The molecule has 29 heavy (non-hydrogen) atoms. The third-order valence-electron chi connectivity index (χ3n) is 4.27. The van der Waals surface area contributed by atoms with Crippen molar-refractivity contribution in [3.05, 3.63) is 82.3 Å². The maximum atomic E-state index is 11.8. The quantitative estimate of drug-likeness (QED) is 0.376. The van der Waals surface area contributed by atoms with Gasteiger partial charge in [-0.1, -0.05) is 24.3 Å². The van der Waals surface area contributed by atoms with Crippen molar-refractivity contribution in [3.63, 3.8) is 0 Å². The number of para-hydroxylation sites is 1. The third kappa shape index (κ3) is 3.81. The number of pyridine rings is 1. The molecule has 2 aromatic carbocycles. The van der Waals surface area contributed by atoms with Crippen LogP contribution in [0.5, 0.6) is 11.6 Å². The average Bonchev–Trinajstić information content (AvgIpc) is 2.67. The molecular weight excluding hydrogens is 370 g/mol. The van der Waals surface area contributed by atoms with Crippen LogP contribution >= 0.6 is 0 Å². The molecule has 0 atom stereocenters. The van der Waals surface area contributed by atoms with Crippen molar-refractivity contribution in [2.24, 2.45) is 0 Å².